The molecule has 112 valence electrons. The lowest BCUT2D eigenvalue weighted by molar-refractivity contribution is 0.239. The van der Waals surface area contributed by atoms with Gasteiger partial charge in [0.15, 0.2) is 0 Å². The molecule has 0 amide bonds. The maximum atomic E-state index is 12.4. The Balaban J connectivity index is 1.80. The summed E-state index contributed by atoms with van der Waals surface area (Å²) in [5.74, 6) is 0.312. The smallest absolute Gasteiger partial charge is 0.214 e. The van der Waals surface area contributed by atoms with E-state index < -0.39 is 10.0 Å². The number of piperidine rings is 1. The highest BCUT2D eigenvalue weighted by molar-refractivity contribution is 7.89. The standard InChI is InChI=1S/C14H28N2O2S/c1-2-6-14-7-3-4-11-16(14)19(17,18)12-5-10-15-13-8-9-13/h13-15H,2-12H2,1H3. The lowest BCUT2D eigenvalue weighted by atomic mass is 10.0. The molecule has 1 aliphatic heterocycles. The number of nitrogens with one attached hydrogen (secondary N) is 1. The maximum Gasteiger partial charge on any atom is 0.214 e. The van der Waals surface area contributed by atoms with Crippen molar-refractivity contribution in [3.8, 4) is 0 Å². The van der Waals surface area contributed by atoms with Gasteiger partial charge in [-0.15, -0.1) is 0 Å². The van der Waals surface area contributed by atoms with Crippen LogP contribution in [-0.2, 0) is 10.0 Å². The third-order valence-electron chi connectivity index (χ3n) is 4.14. The molecule has 0 aromatic carbocycles. The van der Waals surface area contributed by atoms with Crippen LogP contribution in [0, 0.1) is 0 Å². The SMILES string of the molecule is CCCC1CCCCN1S(=O)(=O)CCCNC1CC1. The highest BCUT2D eigenvalue weighted by Crippen LogP contribution is 2.24. The molecule has 1 heterocycles. The van der Waals surface area contributed by atoms with Gasteiger partial charge >= 0.3 is 0 Å². The highest BCUT2D eigenvalue weighted by atomic mass is 32.2. The fourth-order valence-electron chi connectivity index (χ4n) is 2.93. The van der Waals surface area contributed by atoms with Crippen molar-refractivity contribution in [3.63, 3.8) is 0 Å². The second-order valence-corrected chi connectivity index (χ2v) is 7.99. The van der Waals surface area contributed by atoms with Crippen LogP contribution in [0.5, 0.6) is 0 Å². The molecule has 0 bridgehead atoms. The monoisotopic (exact) mass is 288 g/mol. The molecule has 0 aromatic heterocycles. The molecule has 4 nitrogen and oxygen atoms in total. The minimum absolute atomic E-state index is 0.264. The zero-order valence-electron chi connectivity index (χ0n) is 12.1. The zero-order valence-corrected chi connectivity index (χ0v) is 12.9. The number of hydrogen-bond donors (Lipinski definition) is 1. The van der Waals surface area contributed by atoms with E-state index in [1.807, 2.05) is 0 Å². The van der Waals surface area contributed by atoms with Gasteiger partial charge in [0.05, 0.1) is 5.75 Å². The fraction of sp³-hybridized carbons (Fsp3) is 1.00. The Labute approximate surface area is 118 Å². The molecule has 1 unspecified atom stereocenters. The molecule has 1 atom stereocenters. The average Bonchev–Trinajstić information content (AvgIpc) is 3.20. The van der Waals surface area contributed by atoms with Crippen LogP contribution in [0.1, 0.15) is 58.3 Å². The summed E-state index contributed by atoms with van der Waals surface area (Å²) in [6.45, 7) is 3.72. The first kappa shape index (κ1) is 15.3. The van der Waals surface area contributed by atoms with Crippen molar-refractivity contribution < 1.29 is 8.42 Å². The molecule has 2 rings (SSSR count). The van der Waals surface area contributed by atoms with Gasteiger partial charge in [-0.05, 0) is 45.1 Å². The second-order valence-electron chi connectivity index (χ2n) is 5.95. The molecular formula is C14H28N2O2S. The minimum atomic E-state index is -3.04. The van der Waals surface area contributed by atoms with Gasteiger partial charge in [-0.1, -0.05) is 19.8 Å². The largest absolute Gasteiger partial charge is 0.314 e. The van der Waals surface area contributed by atoms with Crippen molar-refractivity contribution >= 4 is 10.0 Å². The molecular weight excluding hydrogens is 260 g/mol. The summed E-state index contributed by atoms with van der Waals surface area (Å²) in [6.07, 6.45) is 8.61. The number of sulfonamides is 1. The van der Waals surface area contributed by atoms with Crippen molar-refractivity contribution in [1.29, 1.82) is 0 Å². The van der Waals surface area contributed by atoms with Crippen LogP contribution in [0.4, 0.5) is 0 Å². The summed E-state index contributed by atoms with van der Waals surface area (Å²) in [7, 11) is -3.04. The topological polar surface area (TPSA) is 49.4 Å². The summed E-state index contributed by atoms with van der Waals surface area (Å²) in [5.41, 5.74) is 0. The summed E-state index contributed by atoms with van der Waals surface area (Å²) < 4.78 is 26.7. The van der Waals surface area contributed by atoms with Crippen LogP contribution < -0.4 is 5.32 Å². The Morgan fingerprint density at radius 2 is 2.00 bits per heavy atom. The van der Waals surface area contributed by atoms with Crippen molar-refractivity contribution in [2.75, 3.05) is 18.8 Å². The van der Waals surface area contributed by atoms with E-state index in [0.29, 0.717) is 11.8 Å². The molecule has 0 spiro atoms. The van der Waals surface area contributed by atoms with E-state index in [4.69, 9.17) is 0 Å². The quantitative estimate of drug-likeness (QED) is 0.696. The van der Waals surface area contributed by atoms with E-state index in [-0.39, 0.29) is 6.04 Å². The summed E-state index contributed by atoms with van der Waals surface area (Å²) in [5, 5.41) is 3.39. The Bertz CT molecular complexity index is 364. The van der Waals surface area contributed by atoms with E-state index in [9.17, 15) is 8.42 Å². The molecule has 0 radical (unpaired) electrons. The van der Waals surface area contributed by atoms with Gasteiger partial charge in [0.25, 0.3) is 0 Å². The van der Waals surface area contributed by atoms with Gasteiger partial charge in [-0.3, -0.25) is 0 Å². The second kappa shape index (κ2) is 7.04. The number of rotatable bonds is 8. The maximum absolute atomic E-state index is 12.4. The fourth-order valence-corrected chi connectivity index (χ4v) is 4.74. The molecule has 0 aromatic rings. The summed E-state index contributed by atoms with van der Waals surface area (Å²) in [4.78, 5) is 0. The highest BCUT2D eigenvalue weighted by Gasteiger charge is 2.31. The number of nitrogens with zero attached hydrogens (tertiary/aromatic N) is 1. The minimum Gasteiger partial charge on any atom is -0.314 e. The lowest BCUT2D eigenvalue weighted by Gasteiger charge is -2.34. The predicted molar refractivity (Wildman–Crippen MR) is 78.7 cm³/mol. The summed E-state index contributed by atoms with van der Waals surface area (Å²) >= 11 is 0. The molecule has 1 aliphatic carbocycles. The van der Waals surface area contributed by atoms with Gasteiger partial charge < -0.3 is 5.32 Å². The Morgan fingerprint density at radius 1 is 1.21 bits per heavy atom. The third-order valence-corrected chi connectivity index (χ3v) is 6.14. The van der Waals surface area contributed by atoms with Crippen LogP contribution >= 0.6 is 0 Å². The third kappa shape index (κ3) is 4.72. The van der Waals surface area contributed by atoms with Gasteiger partial charge in [-0.25, -0.2) is 8.42 Å². The van der Waals surface area contributed by atoms with E-state index in [0.717, 1.165) is 45.2 Å². The molecule has 2 fully saturated rings. The Hall–Kier alpha value is -0.130. The molecule has 19 heavy (non-hydrogen) atoms. The van der Waals surface area contributed by atoms with E-state index >= 15 is 0 Å². The van der Waals surface area contributed by atoms with Crippen LogP contribution in [0.3, 0.4) is 0 Å². The van der Waals surface area contributed by atoms with Gasteiger partial charge in [-0.2, -0.15) is 4.31 Å². The van der Waals surface area contributed by atoms with E-state index in [2.05, 4.69) is 12.2 Å². The van der Waals surface area contributed by atoms with Gasteiger partial charge in [0.2, 0.25) is 10.0 Å². The van der Waals surface area contributed by atoms with E-state index in [1.165, 1.54) is 19.3 Å². The first-order valence-electron chi connectivity index (χ1n) is 7.86. The first-order chi connectivity index (χ1) is 9.13. The van der Waals surface area contributed by atoms with Gasteiger partial charge in [0, 0.05) is 18.6 Å². The van der Waals surface area contributed by atoms with E-state index in [1.54, 1.807) is 4.31 Å². The lowest BCUT2D eigenvalue weighted by Crippen LogP contribution is -2.44. The Morgan fingerprint density at radius 3 is 2.68 bits per heavy atom. The van der Waals surface area contributed by atoms with Gasteiger partial charge in [0.1, 0.15) is 0 Å². The van der Waals surface area contributed by atoms with Crippen molar-refractivity contribution in [1.82, 2.24) is 9.62 Å². The molecule has 2 aliphatic rings. The van der Waals surface area contributed by atoms with Crippen molar-refractivity contribution in [2.24, 2.45) is 0 Å². The summed E-state index contributed by atoms with van der Waals surface area (Å²) in [6, 6.07) is 0.936. The van der Waals surface area contributed by atoms with Crippen LogP contribution in [0.2, 0.25) is 0 Å². The average molecular weight is 288 g/mol. The molecule has 1 N–H and O–H groups in total. The van der Waals surface area contributed by atoms with Crippen molar-refractivity contribution in [2.45, 2.75) is 70.4 Å². The van der Waals surface area contributed by atoms with Crippen molar-refractivity contribution in [3.05, 3.63) is 0 Å². The van der Waals surface area contributed by atoms with Crippen LogP contribution in [0.15, 0.2) is 0 Å². The normalized spacial score (nSPS) is 25.6. The molecule has 1 saturated carbocycles. The first-order valence-corrected chi connectivity index (χ1v) is 9.47. The van der Waals surface area contributed by atoms with Crippen LogP contribution in [0.25, 0.3) is 0 Å². The Kier molecular flexibility index (Phi) is 5.66. The molecule has 5 heteroatoms. The predicted octanol–water partition coefficient (Wildman–Crippen LogP) is 2.11. The zero-order chi connectivity index (χ0) is 13.7. The molecule has 1 saturated heterocycles. The number of hydrogen-bond acceptors (Lipinski definition) is 3. The van der Waals surface area contributed by atoms with Crippen LogP contribution in [-0.4, -0.2) is 43.6 Å².